The molecule has 0 unspecified atom stereocenters. The van der Waals surface area contributed by atoms with E-state index < -0.39 is 23.7 Å². The zero-order chi connectivity index (χ0) is 25.4. The zero-order valence-corrected chi connectivity index (χ0v) is 19.9. The Labute approximate surface area is 208 Å². The fraction of sp³-hybridized carbons (Fsp3) is 0.207. The molecule has 1 saturated heterocycles. The number of Topliss-reactive ketones (excluding diaryl/α,β-unsaturated/α-hetero) is 1. The third kappa shape index (κ3) is 4.13. The first-order valence-electron chi connectivity index (χ1n) is 11.7. The van der Waals surface area contributed by atoms with Crippen LogP contribution in [0.4, 0.5) is 0 Å². The van der Waals surface area contributed by atoms with Gasteiger partial charge in [-0.2, -0.15) is 0 Å². The summed E-state index contributed by atoms with van der Waals surface area (Å²) < 4.78 is 10.5. The average molecular weight is 484 g/mol. The molecule has 0 bridgehead atoms. The highest BCUT2D eigenvalue weighted by atomic mass is 16.5. The van der Waals surface area contributed by atoms with Crippen LogP contribution in [0.15, 0.2) is 78.4 Å². The lowest BCUT2D eigenvalue weighted by molar-refractivity contribution is -0.140. The zero-order valence-electron chi connectivity index (χ0n) is 19.9. The number of rotatable bonds is 5. The molecule has 0 aromatic heterocycles. The molecule has 7 heteroatoms. The standard InChI is InChI=1S/C29H25NO6/c1-17-14-22-15-21(12-13-23(22)36-17)26(31)24-25(19-8-10-20(11-9-19)29(34)35-2)30(28(33)27(24)32)16-18-6-4-3-5-7-18/h3-13,15,17,25,31H,14,16H2,1-2H3/b26-24+/t17-,25-/m1/s1. The van der Waals surface area contributed by atoms with E-state index in [4.69, 9.17) is 9.47 Å². The van der Waals surface area contributed by atoms with E-state index in [-0.39, 0.29) is 24.0 Å². The maximum atomic E-state index is 13.3. The quantitative estimate of drug-likeness (QED) is 0.250. The van der Waals surface area contributed by atoms with Gasteiger partial charge in [-0.1, -0.05) is 42.5 Å². The highest BCUT2D eigenvalue weighted by Gasteiger charge is 2.46. The molecule has 1 fully saturated rings. The van der Waals surface area contributed by atoms with Gasteiger partial charge in [-0.3, -0.25) is 9.59 Å². The molecule has 7 nitrogen and oxygen atoms in total. The van der Waals surface area contributed by atoms with Gasteiger partial charge in [-0.25, -0.2) is 4.79 Å². The average Bonchev–Trinajstić information content (AvgIpc) is 3.39. The number of likely N-dealkylation sites (tertiary alicyclic amines) is 1. The summed E-state index contributed by atoms with van der Waals surface area (Å²) in [6.07, 6.45) is 0.721. The largest absolute Gasteiger partial charge is 0.507 e. The van der Waals surface area contributed by atoms with Crippen molar-refractivity contribution < 1.29 is 29.0 Å². The Balaban J connectivity index is 1.62. The molecule has 0 aliphatic carbocycles. The van der Waals surface area contributed by atoms with Gasteiger partial charge in [0.1, 0.15) is 17.6 Å². The lowest BCUT2D eigenvalue weighted by Crippen LogP contribution is -2.29. The van der Waals surface area contributed by atoms with E-state index in [1.54, 1.807) is 42.5 Å². The lowest BCUT2D eigenvalue weighted by Gasteiger charge is -2.25. The van der Waals surface area contributed by atoms with Gasteiger partial charge < -0.3 is 19.5 Å². The topological polar surface area (TPSA) is 93.1 Å². The lowest BCUT2D eigenvalue weighted by atomic mass is 9.93. The van der Waals surface area contributed by atoms with Gasteiger partial charge >= 0.3 is 5.97 Å². The first-order valence-corrected chi connectivity index (χ1v) is 11.7. The highest BCUT2D eigenvalue weighted by molar-refractivity contribution is 6.46. The number of hydrogen-bond donors (Lipinski definition) is 1. The number of ketones is 1. The van der Waals surface area contributed by atoms with E-state index in [0.29, 0.717) is 23.1 Å². The van der Waals surface area contributed by atoms with Gasteiger partial charge in [0.05, 0.1) is 24.3 Å². The van der Waals surface area contributed by atoms with Crippen molar-refractivity contribution in [1.29, 1.82) is 0 Å². The minimum atomic E-state index is -0.833. The molecule has 182 valence electrons. The van der Waals surface area contributed by atoms with Crippen molar-refractivity contribution in [2.24, 2.45) is 0 Å². The van der Waals surface area contributed by atoms with Crippen LogP contribution < -0.4 is 4.74 Å². The summed E-state index contributed by atoms with van der Waals surface area (Å²) in [6.45, 7) is 2.15. The van der Waals surface area contributed by atoms with Crippen LogP contribution in [0, 0.1) is 0 Å². The predicted octanol–water partition coefficient (Wildman–Crippen LogP) is 4.42. The molecule has 36 heavy (non-hydrogen) atoms. The smallest absolute Gasteiger partial charge is 0.337 e. The normalized spacial score (nSPS) is 20.2. The number of aliphatic hydroxyl groups excluding tert-OH is 1. The number of amides is 1. The van der Waals surface area contributed by atoms with Crippen LogP contribution in [0.1, 0.15) is 45.6 Å². The SMILES string of the molecule is COC(=O)c1ccc([C@@H]2/C(=C(\O)c3ccc4c(c3)C[C@@H](C)O4)C(=O)C(=O)N2Cc2ccccc2)cc1. The molecule has 2 atom stereocenters. The molecular formula is C29H25NO6. The fourth-order valence-electron chi connectivity index (χ4n) is 4.81. The van der Waals surface area contributed by atoms with Crippen molar-refractivity contribution in [3.63, 3.8) is 0 Å². The molecule has 2 aliphatic rings. The second kappa shape index (κ2) is 9.34. The summed E-state index contributed by atoms with van der Waals surface area (Å²) in [6, 6.07) is 20.3. The minimum absolute atomic E-state index is 0.00802. The van der Waals surface area contributed by atoms with Crippen molar-refractivity contribution in [1.82, 2.24) is 4.90 Å². The van der Waals surface area contributed by atoms with Crippen LogP contribution >= 0.6 is 0 Å². The van der Waals surface area contributed by atoms with Gasteiger partial charge in [-0.15, -0.1) is 0 Å². The van der Waals surface area contributed by atoms with E-state index in [2.05, 4.69) is 0 Å². The van der Waals surface area contributed by atoms with Crippen LogP contribution in [0.2, 0.25) is 0 Å². The number of hydrogen-bond acceptors (Lipinski definition) is 6. The summed E-state index contributed by atoms with van der Waals surface area (Å²) in [7, 11) is 1.30. The third-order valence-corrected chi connectivity index (χ3v) is 6.55. The van der Waals surface area contributed by atoms with E-state index in [1.807, 2.05) is 37.3 Å². The highest BCUT2D eigenvalue weighted by Crippen LogP contribution is 2.41. The Morgan fingerprint density at radius 1 is 1.03 bits per heavy atom. The van der Waals surface area contributed by atoms with Gasteiger partial charge in [0.15, 0.2) is 0 Å². The first kappa shape index (κ1) is 23.4. The van der Waals surface area contributed by atoms with E-state index >= 15 is 0 Å². The Kier molecular flexibility index (Phi) is 6.06. The van der Waals surface area contributed by atoms with Crippen LogP contribution in [0.25, 0.3) is 5.76 Å². The monoisotopic (exact) mass is 483 g/mol. The molecule has 0 saturated carbocycles. The number of esters is 1. The maximum Gasteiger partial charge on any atom is 0.337 e. The van der Waals surface area contributed by atoms with Gasteiger partial charge in [0.2, 0.25) is 0 Å². The summed E-state index contributed by atoms with van der Waals surface area (Å²) in [4.78, 5) is 39.9. The number of carbonyl (C=O) groups is 3. The van der Waals surface area contributed by atoms with E-state index in [1.165, 1.54) is 12.0 Å². The van der Waals surface area contributed by atoms with Gasteiger partial charge in [0, 0.05) is 18.5 Å². The third-order valence-electron chi connectivity index (χ3n) is 6.55. The van der Waals surface area contributed by atoms with Crippen molar-refractivity contribution in [2.45, 2.75) is 32.0 Å². The van der Waals surface area contributed by atoms with Crippen LogP contribution in [0.3, 0.4) is 0 Å². The van der Waals surface area contributed by atoms with Crippen LogP contribution in [-0.2, 0) is 27.3 Å². The number of fused-ring (bicyclic) bond motifs is 1. The number of aliphatic hydroxyl groups is 1. The molecule has 1 amide bonds. The van der Waals surface area contributed by atoms with Gasteiger partial charge in [0.25, 0.3) is 11.7 Å². The van der Waals surface area contributed by atoms with E-state index in [9.17, 15) is 19.5 Å². The number of benzene rings is 3. The molecule has 2 aliphatic heterocycles. The molecule has 3 aromatic carbocycles. The molecular weight excluding hydrogens is 458 g/mol. The molecule has 0 radical (unpaired) electrons. The predicted molar refractivity (Wildman–Crippen MR) is 132 cm³/mol. The fourth-order valence-corrected chi connectivity index (χ4v) is 4.81. The maximum absolute atomic E-state index is 13.3. The number of ether oxygens (including phenoxy) is 2. The van der Waals surface area contributed by atoms with Crippen LogP contribution in [0.5, 0.6) is 5.75 Å². The number of methoxy groups -OCH3 is 1. The Morgan fingerprint density at radius 2 is 1.72 bits per heavy atom. The number of nitrogens with zero attached hydrogens (tertiary/aromatic N) is 1. The molecule has 1 N–H and O–H groups in total. The molecule has 5 rings (SSSR count). The van der Waals surface area contributed by atoms with Gasteiger partial charge in [-0.05, 0) is 53.9 Å². The Hall–Kier alpha value is -4.39. The van der Waals surface area contributed by atoms with E-state index in [0.717, 1.165) is 16.9 Å². The minimum Gasteiger partial charge on any atom is -0.507 e. The summed E-state index contributed by atoms with van der Waals surface area (Å²) in [5.41, 5.74) is 3.17. The Morgan fingerprint density at radius 3 is 2.42 bits per heavy atom. The van der Waals surface area contributed by atoms with Crippen molar-refractivity contribution in [3.8, 4) is 5.75 Å². The van der Waals surface area contributed by atoms with Crippen molar-refractivity contribution >= 4 is 23.4 Å². The van der Waals surface area contributed by atoms with Crippen molar-refractivity contribution in [2.75, 3.05) is 7.11 Å². The summed E-state index contributed by atoms with van der Waals surface area (Å²) >= 11 is 0. The Bertz CT molecular complexity index is 1380. The van der Waals surface area contributed by atoms with Crippen molar-refractivity contribution in [3.05, 3.63) is 106 Å². The summed E-state index contributed by atoms with van der Waals surface area (Å²) in [5.74, 6) is -1.43. The van der Waals surface area contributed by atoms with Crippen LogP contribution in [-0.4, -0.2) is 40.9 Å². The molecule has 0 spiro atoms. The first-order chi connectivity index (χ1) is 17.4. The molecule has 2 heterocycles. The molecule has 3 aromatic rings. The second-order valence-electron chi connectivity index (χ2n) is 8.98. The number of carbonyl (C=O) groups excluding carboxylic acids is 3. The second-order valence-corrected chi connectivity index (χ2v) is 8.98. The summed E-state index contributed by atoms with van der Waals surface area (Å²) in [5, 5.41) is 11.4.